The van der Waals surface area contributed by atoms with Gasteiger partial charge in [-0.15, -0.1) is 11.8 Å². The summed E-state index contributed by atoms with van der Waals surface area (Å²) in [7, 11) is 0. The van der Waals surface area contributed by atoms with Gasteiger partial charge in [0.15, 0.2) is 0 Å². The van der Waals surface area contributed by atoms with Crippen LogP contribution in [0.25, 0.3) is 0 Å². The number of ether oxygens (including phenoxy) is 1. The molecular weight excluding hydrogens is 332 g/mol. The highest BCUT2D eigenvalue weighted by Gasteiger charge is 2.23. The molecule has 25 heavy (non-hydrogen) atoms. The average molecular weight is 356 g/mol. The highest BCUT2D eigenvalue weighted by molar-refractivity contribution is 7.99. The predicted molar refractivity (Wildman–Crippen MR) is 103 cm³/mol. The second-order valence-corrected chi connectivity index (χ2v) is 7.44. The van der Waals surface area contributed by atoms with Crippen molar-refractivity contribution >= 4 is 23.5 Å². The number of thioether (sulfide) groups is 1. The SMILES string of the molecule is Nc1ccc(SCC2CCN(C(=O)OCc3ccccc3)CC2)cc1. The molecule has 1 saturated heterocycles. The fraction of sp³-hybridized carbons (Fsp3) is 0.350. The van der Waals surface area contributed by atoms with Gasteiger partial charge in [-0.05, 0) is 48.6 Å². The van der Waals surface area contributed by atoms with E-state index in [1.165, 1.54) is 4.90 Å². The Morgan fingerprint density at radius 2 is 1.76 bits per heavy atom. The zero-order chi connectivity index (χ0) is 17.5. The molecule has 1 aliphatic heterocycles. The van der Waals surface area contributed by atoms with E-state index in [2.05, 4.69) is 12.1 Å². The number of nitrogens with two attached hydrogens (primary N) is 1. The van der Waals surface area contributed by atoms with Crippen LogP contribution in [0, 0.1) is 5.92 Å². The molecule has 0 aromatic heterocycles. The lowest BCUT2D eigenvalue weighted by Gasteiger charge is -2.31. The van der Waals surface area contributed by atoms with Crippen molar-refractivity contribution in [1.29, 1.82) is 0 Å². The van der Waals surface area contributed by atoms with E-state index < -0.39 is 0 Å². The van der Waals surface area contributed by atoms with Crippen molar-refractivity contribution in [3.05, 3.63) is 60.2 Å². The van der Waals surface area contributed by atoms with Crippen molar-refractivity contribution in [3.63, 3.8) is 0 Å². The molecule has 132 valence electrons. The summed E-state index contributed by atoms with van der Waals surface area (Å²) in [6.07, 6.45) is 1.86. The maximum absolute atomic E-state index is 12.2. The lowest BCUT2D eigenvalue weighted by atomic mass is 9.99. The summed E-state index contributed by atoms with van der Waals surface area (Å²) in [5.41, 5.74) is 7.53. The van der Waals surface area contributed by atoms with E-state index in [9.17, 15) is 4.79 Å². The number of benzene rings is 2. The summed E-state index contributed by atoms with van der Waals surface area (Å²) in [4.78, 5) is 15.3. The Hall–Kier alpha value is -2.14. The topological polar surface area (TPSA) is 55.6 Å². The summed E-state index contributed by atoms with van der Waals surface area (Å²) < 4.78 is 5.41. The second-order valence-electron chi connectivity index (χ2n) is 6.35. The molecule has 0 atom stereocenters. The molecule has 0 unspecified atom stereocenters. The first kappa shape index (κ1) is 17.7. The fourth-order valence-corrected chi connectivity index (χ4v) is 3.96. The van der Waals surface area contributed by atoms with Crippen LogP contribution >= 0.6 is 11.8 Å². The van der Waals surface area contributed by atoms with Gasteiger partial charge in [0.05, 0.1) is 0 Å². The lowest BCUT2D eigenvalue weighted by Crippen LogP contribution is -2.39. The van der Waals surface area contributed by atoms with Crippen molar-refractivity contribution in [2.45, 2.75) is 24.3 Å². The number of likely N-dealkylation sites (tertiary alicyclic amines) is 1. The van der Waals surface area contributed by atoms with Crippen LogP contribution in [0.5, 0.6) is 0 Å². The Bertz CT molecular complexity index is 668. The molecule has 2 aromatic rings. The van der Waals surface area contributed by atoms with E-state index in [0.717, 1.165) is 42.9 Å². The zero-order valence-electron chi connectivity index (χ0n) is 14.3. The van der Waals surface area contributed by atoms with Crippen LogP contribution in [0.3, 0.4) is 0 Å². The van der Waals surface area contributed by atoms with E-state index >= 15 is 0 Å². The lowest BCUT2D eigenvalue weighted by molar-refractivity contribution is 0.0840. The number of hydrogen-bond donors (Lipinski definition) is 1. The number of piperidine rings is 1. The van der Waals surface area contributed by atoms with E-state index in [4.69, 9.17) is 10.5 Å². The van der Waals surface area contributed by atoms with Crippen LogP contribution in [0.1, 0.15) is 18.4 Å². The highest BCUT2D eigenvalue weighted by Crippen LogP contribution is 2.27. The van der Waals surface area contributed by atoms with Gasteiger partial charge in [0.1, 0.15) is 6.61 Å². The molecule has 3 rings (SSSR count). The maximum atomic E-state index is 12.2. The molecular formula is C20H24N2O2S. The van der Waals surface area contributed by atoms with E-state index in [-0.39, 0.29) is 6.09 Å². The Labute approximate surface area is 153 Å². The molecule has 0 saturated carbocycles. The van der Waals surface area contributed by atoms with Crippen LogP contribution in [-0.4, -0.2) is 29.8 Å². The normalized spacial score (nSPS) is 15.1. The van der Waals surface area contributed by atoms with Crippen molar-refractivity contribution in [1.82, 2.24) is 4.90 Å². The Kier molecular flexibility index (Phi) is 6.23. The van der Waals surface area contributed by atoms with Crippen molar-refractivity contribution in [2.75, 3.05) is 24.6 Å². The summed E-state index contributed by atoms with van der Waals surface area (Å²) in [5.74, 6) is 1.72. The van der Waals surface area contributed by atoms with Gasteiger partial charge in [0, 0.05) is 29.4 Å². The summed E-state index contributed by atoms with van der Waals surface area (Å²) in [6.45, 7) is 1.90. The number of nitrogen functional groups attached to an aromatic ring is 1. The summed E-state index contributed by atoms with van der Waals surface area (Å²) in [5, 5.41) is 0. The smallest absolute Gasteiger partial charge is 0.410 e. The Balaban J connectivity index is 1.37. The summed E-state index contributed by atoms with van der Waals surface area (Å²) >= 11 is 1.86. The number of carbonyl (C=O) groups excluding carboxylic acids is 1. The maximum Gasteiger partial charge on any atom is 0.410 e. The minimum absolute atomic E-state index is 0.200. The van der Waals surface area contributed by atoms with Gasteiger partial charge in [0.25, 0.3) is 0 Å². The molecule has 4 nitrogen and oxygen atoms in total. The first-order chi connectivity index (χ1) is 12.2. The van der Waals surface area contributed by atoms with E-state index in [1.807, 2.05) is 59.1 Å². The van der Waals surface area contributed by atoms with Gasteiger partial charge in [-0.2, -0.15) is 0 Å². The van der Waals surface area contributed by atoms with Gasteiger partial charge in [0.2, 0.25) is 0 Å². The molecule has 1 aliphatic rings. The molecule has 5 heteroatoms. The second kappa shape index (κ2) is 8.81. The van der Waals surface area contributed by atoms with Crippen LogP contribution in [0.15, 0.2) is 59.5 Å². The highest BCUT2D eigenvalue weighted by atomic mass is 32.2. The quantitative estimate of drug-likeness (QED) is 0.637. The number of anilines is 1. The number of hydrogen-bond acceptors (Lipinski definition) is 4. The average Bonchev–Trinajstić information content (AvgIpc) is 2.67. The van der Waals surface area contributed by atoms with Crippen LogP contribution < -0.4 is 5.73 Å². The number of amides is 1. The molecule has 1 heterocycles. The Morgan fingerprint density at radius 3 is 2.44 bits per heavy atom. The third kappa shape index (κ3) is 5.43. The largest absolute Gasteiger partial charge is 0.445 e. The van der Waals surface area contributed by atoms with Gasteiger partial charge < -0.3 is 15.4 Å². The molecule has 0 spiro atoms. The van der Waals surface area contributed by atoms with Gasteiger partial charge >= 0.3 is 6.09 Å². The molecule has 2 N–H and O–H groups in total. The van der Waals surface area contributed by atoms with Crippen molar-refractivity contribution < 1.29 is 9.53 Å². The van der Waals surface area contributed by atoms with Crippen LogP contribution in [0.4, 0.5) is 10.5 Å². The monoisotopic (exact) mass is 356 g/mol. The number of carbonyl (C=O) groups is 1. The van der Waals surface area contributed by atoms with Crippen molar-refractivity contribution in [2.24, 2.45) is 5.92 Å². The minimum atomic E-state index is -0.200. The van der Waals surface area contributed by atoms with Crippen molar-refractivity contribution in [3.8, 4) is 0 Å². The standard InChI is InChI=1S/C20H24N2O2S/c21-18-6-8-19(9-7-18)25-15-17-10-12-22(13-11-17)20(23)24-14-16-4-2-1-3-5-16/h1-9,17H,10-15,21H2. The Morgan fingerprint density at radius 1 is 1.08 bits per heavy atom. The number of nitrogens with zero attached hydrogens (tertiary/aromatic N) is 1. The van der Waals surface area contributed by atoms with Gasteiger partial charge in [-0.3, -0.25) is 0 Å². The summed E-state index contributed by atoms with van der Waals surface area (Å²) in [6, 6.07) is 17.8. The minimum Gasteiger partial charge on any atom is -0.445 e. The van der Waals surface area contributed by atoms with E-state index in [1.54, 1.807) is 0 Å². The third-order valence-electron chi connectivity index (χ3n) is 4.44. The first-order valence-electron chi connectivity index (χ1n) is 8.64. The molecule has 0 radical (unpaired) electrons. The van der Waals surface area contributed by atoms with Crippen LogP contribution in [-0.2, 0) is 11.3 Å². The van der Waals surface area contributed by atoms with E-state index in [0.29, 0.717) is 12.5 Å². The molecule has 1 amide bonds. The predicted octanol–water partition coefficient (Wildman–Crippen LogP) is 4.41. The molecule has 2 aromatic carbocycles. The van der Waals surface area contributed by atoms with Crippen LogP contribution in [0.2, 0.25) is 0 Å². The number of rotatable bonds is 5. The first-order valence-corrected chi connectivity index (χ1v) is 9.63. The fourth-order valence-electron chi connectivity index (χ4n) is 2.87. The van der Waals surface area contributed by atoms with Gasteiger partial charge in [-0.25, -0.2) is 4.79 Å². The molecule has 0 aliphatic carbocycles. The molecule has 1 fully saturated rings. The molecule has 0 bridgehead atoms. The van der Waals surface area contributed by atoms with Gasteiger partial charge in [-0.1, -0.05) is 30.3 Å². The zero-order valence-corrected chi connectivity index (χ0v) is 15.1. The third-order valence-corrected chi connectivity index (χ3v) is 5.69.